The van der Waals surface area contributed by atoms with Crippen LogP contribution in [0.15, 0.2) is 55.1 Å². The molecular formula is C30H37N3O4. The molecule has 7 heteroatoms. The summed E-state index contributed by atoms with van der Waals surface area (Å²) in [5, 5.41) is 5.57. The average Bonchev–Trinajstić information content (AvgIpc) is 2.85. The zero-order chi connectivity index (χ0) is 27.8. The number of hydrogen-bond acceptors (Lipinski definition) is 4. The number of para-hydroxylation sites is 1. The standard InChI is InChI=1S/C30H37N3O4/c1-9-20(4)25(32-29(36)37-30(6,7)8)28(35)33(11-3)26(23-17-14-16-22(10-2)19-23)27(34)31-24-18-13-12-15-21(24)5/h3,10,12-20,25-26H,2,9H2,1,4-8H3,(H,31,34)(H,32,36). The van der Waals surface area contributed by atoms with Crippen LogP contribution >= 0.6 is 0 Å². The van der Waals surface area contributed by atoms with E-state index >= 15 is 0 Å². The molecule has 0 bridgehead atoms. The van der Waals surface area contributed by atoms with Crippen molar-refractivity contribution < 1.29 is 19.1 Å². The van der Waals surface area contributed by atoms with Gasteiger partial charge in [0.15, 0.2) is 0 Å². The number of amides is 3. The predicted octanol–water partition coefficient (Wildman–Crippen LogP) is 5.68. The van der Waals surface area contributed by atoms with Crippen molar-refractivity contribution in [1.82, 2.24) is 10.2 Å². The Kier molecular flexibility index (Phi) is 10.1. The second kappa shape index (κ2) is 12.8. The van der Waals surface area contributed by atoms with Crippen molar-refractivity contribution in [3.05, 3.63) is 71.8 Å². The number of aryl methyl sites for hydroxylation is 1. The fourth-order valence-corrected chi connectivity index (χ4v) is 3.72. The van der Waals surface area contributed by atoms with Crippen molar-refractivity contribution in [1.29, 1.82) is 0 Å². The van der Waals surface area contributed by atoms with Crippen LogP contribution in [0.2, 0.25) is 0 Å². The number of anilines is 1. The number of nitrogens with zero attached hydrogens (tertiary/aromatic N) is 1. The third-order valence-electron chi connectivity index (χ3n) is 5.90. The lowest BCUT2D eigenvalue weighted by molar-refractivity contribution is -0.137. The summed E-state index contributed by atoms with van der Waals surface area (Å²) in [7, 11) is 0. The first-order valence-electron chi connectivity index (χ1n) is 12.3. The number of terminal acetylenes is 1. The molecular weight excluding hydrogens is 466 g/mol. The normalized spacial score (nSPS) is 13.3. The van der Waals surface area contributed by atoms with Gasteiger partial charge in [-0.25, -0.2) is 4.79 Å². The predicted molar refractivity (Wildman–Crippen MR) is 147 cm³/mol. The molecule has 0 aliphatic carbocycles. The molecule has 0 aromatic heterocycles. The van der Waals surface area contributed by atoms with Gasteiger partial charge in [-0.2, -0.15) is 0 Å². The molecule has 37 heavy (non-hydrogen) atoms. The third kappa shape index (κ3) is 7.97. The van der Waals surface area contributed by atoms with Gasteiger partial charge >= 0.3 is 6.09 Å². The number of nitrogens with one attached hydrogen (secondary N) is 2. The van der Waals surface area contributed by atoms with Gasteiger partial charge in [0, 0.05) is 11.7 Å². The Bertz CT molecular complexity index is 1180. The molecule has 0 aliphatic heterocycles. The monoisotopic (exact) mass is 503 g/mol. The smallest absolute Gasteiger partial charge is 0.408 e. The second-order valence-electron chi connectivity index (χ2n) is 9.93. The molecule has 2 aromatic rings. The van der Waals surface area contributed by atoms with Gasteiger partial charge in [-0.1, -0.05) is 75.7 Å². The van der Waals surface area contributed by atoms with Gasteiger partial charge in [-0.3, -0.25) is 14.5 Å². The first kappa shape index (κ1) is 29.2. The van der Waals surface area contributed by atoms with E-state index in [-0.39, 0.29) is 5.92 Å². The Labute approximate surface area is 220 Å². The lowest BCUT2D eigenvalue weighted by Crippen LogP contribution is -2.53. The molecule has 196 valence electrons. The maximum absolute atomic E-state index is 13.9. The molecule has 2 aromatic carbocycles. The summed E-state index contributed by atoms with van der Waals surface area (Å²) in [4.78, 5) is 41.2. The van der Waals surface area contributed by atoms with Crippen molar-refractivity contribution in [3.63, 3.8) is 0 Å². The van der Waals surface area contributed by atoms with E-state index in [2.05, 4.69) is 23.3 Å². The first-order chi connectivity index (χ1) is 17.4. The molecule has 0 saturated heterocycles. The Morgan fingerprint density at radius 1 is 1.16 bits per heavy atom. The van der Waals surface area contributed by atoms with Crippen molar-refractivity contribution >= 4 is 29.7 Å². The molecule has 2 N–H and O–H groups in total. The number of benzene rings is 2. The summed E-state index contributed by atoms with van der Waals surface area (Å²) < 4.78 is 5.38. The largest absolute Gasteiger partial charge is 0.444 e. The quantitative estimate of drug-likeness (QED) is 0.341. The summed E-state index contributed by atoms with van der Waals surface area (Å²) in [6.45, 7) is 14.6. The number of rotatable bonds is 9. The van der Waals surface area contributed by atoms with E-state index in [0.29, 0.717) is 17.7 Å². The van der Waals surface area contributed by atoms with Crippen LogP contribution in [0.4, 0.5) is 10.5 Å². The van der Waals surface area contributed by atoms with E-state index in [1.54, 1.807) is 51.1 Å². The van der Waals surface area contributed by atoms with Crippen molar-refractivity contribution in [3.8, 4) is 12.5 Å². The highest BCUT2D eigenvalue weighted by Crippen LogP contribution is 2.27. The van der Waals surface area contributed by atoms with Crippen LogP contribution in [0, 0.1) is 25.3 Å². The molecule has 0 heterocycles. The Hall–Kier alpha value is -4.05. The summed E-state index contributed by atoms with van der Waals surface area (Å²) in [6, 6.07) is 14.6. The summed E-state index contributed by atoms with van der Waals surface area (Å²) >= 11 is 0. The van der Waals surface area contributed by atoms with Gasteiger partial charge < -0.3 is 15.4 Å². The van der Waals surface area contributed by atoms with Crippen LogP contribution < -0.4 is 10.6 Å². The van der Waals surface area contributed by atoms with Crippen molar-refractivity contribution in [2.24, 2.45) is 5.92 Å². The number of hydrogen-bond donors (Lipinski definition) is 2. The molecule has 3 amide bonds. The number of alkyl carbamates (subject to hydrolysis) is 1. The first-order valence-corrected chi connectivity index (χ1v) is 12.3. The zero-order valence-electron chi connectivity index (χ0n) is 22.5. The lowest BCUT2D eigenvalue weighted by atomic mass is 9.95. The van der Waals surface area contributed by atoms with Crippen LogP contribution in [-0.2, 0) is 14.3 Å². The Morgan fingerprint density at radius 2 is 1.84 bits per heavy atom. The molecule has 2 rings (SSSR count). The SMILES string of the molecule is C#CN(C(=O)C(NC(=O)OC(C)(C)C)C(C)CC)C(C(=O)Nc1ccccc1C)c1cccc(C=C)c1. The minimum Gasteiger partial charge on any atom is -0.444 e. The van der Waals surface area contributed by atoms with Crippen LogP contribution in [0.5, 0.6) is 0 Å². The summed E-state index contributed by atoms with van der Waals surface area (Å²) in [5.41, 5.74) is 1.99. The van der Waals surface area contributed by atoms with Gasteiger partial charge in [0.05, 0.1) is 0 Å². The number of carbonyl (C=O) groups excluding carboxylic acids is 3. The van der Waals surface area contributed by atoms with Crippen LogP contribution in [-0.4, -0.2) is 34.5 Å². The topological polar surface area (TPSA) is 87.7 Å². The number of carbonyl (C=O) groups is 3. The molecule has 0 aliphatic rings. The number of ether oxygens (including phenoxy) is 1. The highest BCUT2D eigenvalue weighted by Gasteiger charge is 2.38. The van der Waals surface area contributed by atoms with E-state index in [0.717, 1.165) is 16.0 Å². The molecule has 0 radical (unpaired) electrons. The Balaban J connectivity index is 2.53. The summed E-state index contributed by atoms with van der Waals surface area (Å²) in [6.07, 6.45) is 7.35. The van der Waals surface area contributed by atoms with Gasteiger partial charge in [0.25, 0.3) is 11.8 Å². The van der Waals surface area contributed by atoms with Crippen LogP contribution in [0.25, 0.3) is 6.08 Å². The van der Waals surface area contributed by atoms with E-state index in [1.165, 1.54) is 0 Å². The average molecular weight is 504 g/mol. The maximum atomic E-state index is 13.9. The second-order valence-corrected chi connectivity index (χ2v) is 9.93. The zero-order valence-corrected chi connectivity index (χ0v) is 22.5. The molecule has 3 atom stereocenters. The molecule has 0 saturated carbocycles. The third-order valence-corrected chi connectivity index (χ3v) is 5.90. The molecule has 0 fully saturated rings. The van der Waals surface area contributed by atoms with Gasteiger partial charge in [-0.05, 0) is 62.4 Å². The van der Waals surface area contributed by atoms with Gasteiger partial charge in [0.1, 0.15) is 17.7 Å². The van der Waals surface area contributed by atoms with Gasteiger partial charge in [0.2, 0.25) is 0 Å². The van der Waals surface area contributed by atoms with Crippen molar-refractivity contribution in [2.75, 3.05) is 5.32 Å². The van der Waals surface area contributed by atoms with Crippen LogP contribution in [0.1, 0.15) is 63.8 Å². The highest BCUT2D eigenvalue weighted by atomic mass is 16.6. The van der Waals surface area contributed by atoms with Crippen LogP contribution in [0.3, 0.4) is 0 Å². The molecule has 3 unspecified atom stereocenters. The highest BCUT2D eigenvalue weighted by molar-refractivity contribution is 6.00. The Morgan fingerprint density at radius 3 is 2.41 bits per heavy atom. The van der Waals surface area contributed by atoms with E-state index in [9.17, 15) is 14.4 Å². The summed E-state index contributed by atoms with van der Waals surface area (Å²) in [5.74, 6) is -1.35. The fourth-order valence-electron chi connectivity index (χ4n) is 3.72. The van der Waals surface area contributed by atoms with E-state index < -0.39 is 35.6 Å². The van der Waals surface area contributed by atoms with E-state index in [1.807, 2.05) is 45.0 Å². The molecule has 7 nitrogen and oxygen atoms in total. The maximum Gasteiger partial charge on any atom is 0.408 e. The minimum atomic E-state index is -1.16. The van der Waals surface area contributed by atoms with Gasteiger partial charge in [-0.15, -0.1) is 0 Å². The van der Waals surface area contributed by atoms with Crippen molar-refractivity contribution in [2.45, 2.75) is 65.6 Å². The van der Waals surface area contributed by atoms with E-state index in [4.69, 9.17) is 11.2 Å². The minimum absolute atomic E-state index is 0.282. The lowest BCUT2D eigenvalue weighted by Gasteiger charge is -2.32. The molecule has 0 spiro atoms. The fraction of sp³-hybridized carbons (Fsp3) is 0.367.